The van der Waals surface area contributed by atoms with Crippen LogP contribution in [0, 0.1) is 0 Å². The fourth-order valence-corrected chi connectivity index (χ4v) is 1.31. The van der Waals surface area contributed by atoms with Crippen molar-refractivity contribution in [3.05, 3.63) is 34.8 Å². The topological polar surface area (TPSA) is 12.4 Å². The smallest absolute Gasteiger partial charge is 0.143 e. The lowest BCUT2D eigenvalue weighted by molar-refractivity contribution is 1.15. The highest BCUT2D eigenvalue weighted by atomic mass is 35.5. The second-order valence-electron chi connectivity index (χ2n) is 2.23. The molecule has 0 aliphatic carbocycles. The maximum Gasteiger partial charge on any atom is 0.143 e. The normalized spacial score (nSPS) is 19.2. The molecule has 0 saturated carbocycles. The van der Waals surface area contributed by atoms with E-state index in [4.69, 9.17) is 11.6 Å². The summed E-state index contributed by atoms with van der Waals surface area (Å²) in [6, 6.07) is 7.93. The highest BCUT2D eigenvalue weighted by Crippen LogP contribution is 1.99. The van der Waals surface area contributed by atoms with Crippen LogP contribution in [0.3, 0.4) is 0 Å². The van der Waals surface area contributed by atoms with E-state index in [1.54, 1.807) is 0 Å². The van der Waals surface area contributed by atoms with Crippen molar-refractivity contribution in [2.75, 3.05) is 0 Å². The Morgan fingerprint density at radius 1 is 1.27 bits per heavy atom. The molecule has 0 radical (unpaired) electrons. The molecule has 1 aromatic rings. The standard InChI is InChI=1S/C8H6ClN.ClH/c9-8-5-6-3-1-2-4-7(6)10-8;/h1-5,8H;1H. The molecule has 1 aliphatic rings. The van der Waals surface area contributed by atoms with E-state index in [-0.39, 0.29) is 17.9 Å². The second-order valence-corrected chi connectivity index (χ2v) is 2.67. The minimum absolute atomic E-state index is 0. The average molecular weight is 188 g/mol. The molecule has 1 nitrogen and oxygen atoms in total. The highest BCUT2D eigenvalue weighted by molar-refractivity contribution is 6.23. The van der Waals surface area contributed by atoms with Crippen LogP contribution in [0.25, 0.3) is 6.08 Å². The number of fused-ring (bicyclic) bond motifs is 1. The molecule has 58 valence electrons. The summed E-state index contributed by atoms with van der Waals surface area (Å²) in [6.45, 7) is 0. The van der Waals surface area contributed by atoms with E-state index in [1.807, 2.05) is 30.3 Å². The van der Waals surface area contributed by atoms with Gasteiger partial charge in [0, 0.05) is 0 Å². The first-order chi connectivity index (χ1) is 4.86. The van der Waals surface area contributed by atoms with Gasteiger partial charge in [-0.25, -0.2) is 0 Å². The zero-order valence-corrected chi connectivity index (χ0v) is 7.27. The maximum atomic E-state index is 5.76. The average Bonchev–Trinajstić information content (AvgIpc) is 2.27. The molecular weight excluding hydrogens is 181 g/mol. The molecule has 1 unspecified atom stereocenters. The summed E-state index contributed by atoms with van der Waals surface area (Å²) in [5.41, 5.74) is -0.155. The van der Waals surface area contributed by atoms with E-state index in [1.165, 1.54) is 0 Å². The second kappa shape index (κ2) is 3.24. The summed E-state index contributed by atoms with van der Waals surface area (Å²) in [5, 5.41) is 2.14. The van der Waals surface area contributed by atoms with Crippen LogP contribution in [0.15, 0.2) is 29.3 Å². The molecule has 3 heteroatoms. The van der Waals surface area contributed by atoms with Gasteiger partial charge >= 0.3 is 0 Å². The minimum Gasteiger partial charge on any atom is -0.261 e. The molecule has 1 aliphatic heterocycles. The number of hydrogen-bond acceptors (Lipinski definition) is 1. The first-order valence-corrected chi connectivity index (χ1v) is 3.59. The molecule has 1 heterocycles. The van der Waals surface area contributed by atoms with Gasteiger partial charge in [-0.15, -0.1) is 12.4 Å². The molecular formula is C8H7Cl2N. The van der Waals surface area contributed by atoms with Crippen molar-refractivity contribution in [3.8, 4) is 0 Å². The maximum absolute atomic E-state index is 5.76. The van der Waals surface area contributed by atoms with Crippen molar-refractivity contribution in [2.24, 2.45) is 4.99 Å². The number of rotatable bonds is 0. The number of benzene rings is 1. The van der Waals surface area contributed by atoms with Gasteiger partial charge in [-0.05, 0) is 17.4 Å². The number of alkyl halides is 1. The first-order valence-electron chi connectivity index (χ1n) is 3.15. The zero-order valence-electron chi connectivity index (χ0n) is 5.70. The summed E-state index contributed by atoms with van der Waals surface area (Å²) < 4.78 is 0. The summed E-state index contributed by atoms with van der Waals surface area (Å²) >= 11 is 5.76. The SMILES string of the molecule is Cl.ClC1C=c2ccccc2=N1. The molecule has 0 spiro atoms. The molecule has 1 aromatic carbocycles. The zero-order chi connectivity index (χ0) is 6.97. The molecule has 0 N–H and O–H groups in total. The van der Waals surface area contributed by atoms with Gasteiger partial charge in [-0.3, -0.25) is 4.99 Å². The van der Waals surface area contributed by atoms with Crippen molar-refractivity contribution in [1.29, 1.82) is 0 Å². The lowest BCUT2D eigenvalue weighted by atomic mass is 10.3. The van der Waals surface area contributed by atoms with E-state index < -0.39 is 0 Å². The number of para-hydroxylation sites is 1. The Hall–Kier alpha value is -0.530. The Kier molecular flexibility index (Phi) is 2.53. The van der Waals surface area contributed by atoms with Crippen LogP contribution in [-0.2, 0) is 0 Å². The summed E-state index contributed by atoms with van der Waals surface area (Å²) in [7, 11) is 0. The third-order valence-corrected chi connectivity index (χ3v) is 1.74. The first kappa shape index (κ1) is 8.57. The van der Waals surface area contributed by atoms with Crippen molar-refractivity contribution >= 4 is 30.1 Å². The third-order valence-electron chi connectivity index (χ3n) is 1.52. The van der Waals surface area contributed by atoms with Crippen LogP contribution in [0.1, 0.15) is 0 Å². The Morgan fingerprint density at radius 2 is 2.00 bits per heavy atom. The van der Waals surface area contributed by atoms with Crippen LogP contribution in [0.4, 0.5) is 0 Å². The van der Waals surface area contributed by atoms with Crippen molar-refractivity contribution in [3.63, 3.8) is 0 Å². The fourth-order valence-electron chi connectivity index (χ4n) is 1.06. The quantitative estimate of drug-likeness (QED) is 0.426. The van der Waals surface area contributed by atoms with Crippen LogP contribution in [0.5, 0.6) is 0 Å². The summed E-state index contributed by atoms with van der Waals surface area (Å²) in [5.74, 6) is 0. The highest BCUT2D eigenvalue weighted by Gasteiger charge is 2.01. The molecule has 0 amide bonds. The minimum atomic E-state index is -0.155. The molecule has 0 bridgehead atoms. The van der Waals surface area contributed by atoms with E-state index in [9.17, 15) is 0 Å². The largest absolute Gasteiger partial charge is 0.261 e. The van der Waals surface area contributed by atoms with Crippen LogP contribution in [0.2, 0.25) is 0 Å². The van der Waals surface area contributed by atoms with E-state index in [0.717, 1.165) is 10.6 Å². The van der Waals surface area contributed by atoms with Crippen molar-refractivity contribution in [1.82, 2.24) is 0 Å². The Labute approximate surface area is 75.8 Å². The predicted molar refractivity (Wildman–Crippen MR) is 48.6 cm³/mol. The Balaban J connectivity index is 0.000000605. The van der Waals surface area contributed by atoms with Crippen LogP contribution in [-0.4, -0.2) is 5.50 Å². The van der Waals surface area contributed by atoms with Gasteiger partial charge in [-0.2, -0.15) is 0 Å². The Morgan fingerprint density at radius 3 is 2.73 bits per heavy atom. The van der Waals surface area contributed by atoms with Gasteiger partial charge in [0.2, 0.25) is 0 Å². The van der Waals surface area contributed by atoms with Crippen molar-refractivity contribution < 1.29 is 0 Å². The molecule has 1 atom stereocenters. The summed E-state index contributed by atoms with van der Waals surface area (Å²) in [6.07, 6.45) is 1.94. The fraction of sp³-hybridized carbons (Fsp3) is 0.125. The van der Waals surface area contributed by atoms with E-state index in [2.05, 4.69) is 4.99 Å². The monoisotopic (exact) mass is 187 g/mol. The third kappa shape index (κ3) is 1.55. The van der Waals surface area contributed by atoms with Gasteiger partial charge in [-0.1, -0.05) is 29.8 Å². The van der Waals surface area contributed by atoms with E-state index in [0.29, 0.717) is 0 Å². The molecule has 0 saturated heterocycles. The van der Waals surface area contributed by atoms with Crippen LogP contribution >= 0.6 is 24.0 Å². The number of halogens is 2. The Bertz CT molecular complexity index is 324. The lowest BCUT2D eigenvalue weighted by Crippen LogP contribution is -2.19. The van der Waals surface area contributed by atoms with E-state index >= 15 is 0 Å². The van der Waals surface area contributed by atoms with Crippen LogP contribution < -0.4 is 10.6 Å². The number of nitrogens with zero attached hydrogens (tertiary/aromatic N) is 1. The van der Waals surface area contributed by atoms with Gasteiger partial charge in [0.15, 0.2) is 0 Å². The lowest BCUT2D eigenvalue weighted by Gasteiger charge is -1.82. The number of hydrogen-bond donors (Lipinski definition) is 0. The molecule has 2 rings (SSSR count). The van der Waals surface area contributed by atoms with Gasteiger partial charge in [0.25, 0.3) is 0 Å². The molecule has 11 heavy (non-hydrogen) atoms. The molecule has 0 fully saturated rings. The van der Waals surface area contributed by atoms with Crippen molar-refractivity contribution in [2.45, 2.75) is 5.50 Å². The van der Waals surface area contributed by atoms with Gasteiger partial charge in [0.05, 0.1) is 5.36 Å². The summed E-state index contributed by atoms with van der Waals surface area (Å²) in [4.78, 5) is 4.16. The predicted octanol–water partition coefficient (Wildman–Crippen LogP) is 1.09. The van der Waals surface area contributed by atoms with Gasteiger partial charge < -0.3 is 0 Å². The van der Waals surface area contributed by atoms with Gasteiger partial charge in [0.1, 0.15) is 5.50 Å². The molecule has 0 aromatic heterocycles.